The summed E-state index contributed by atoms with van der Waals surface area (Å²) in [6.07, 6.45) is 2.33. The quantitative estimate of drug-likeness (QED) is 0.837. The van der Waals surface area contributed by atoms with Crippen LogP contribution >= 0.6 is 0 Å². The molecule has 1 heterocycles. The highest BCUT2D eigenvalue weighted by molar-refractivity contribution is 5.78. The molecule has 0 radical (unpaired) electrons. The second-order valence-electron chi connectivity index (χ2n) is 5.89. The maximum absolute atomic E-state index is 12.3. The molecule has 1 saturated heterocycles. The number of nitrogens with zero attached hydrogens (tertiary/aromatic N) is 1. The lowest BCUT2D eigenvalue weighted by Crippen LogP contribution is -2.48. The number of likely N-dealkylation sites (N-methyl/N-ethyl adjacent to an activating group) is 1. The number of carbonyl (C=O) groups is 1. The summed E-state index contributed by atoms with van der Waals surface area (Å²) in [6.45, 7) is 4.38. The molecule has 2 rings (SSSR count). The molecular formula is C17H27N3O2. The average Bonchev–Trinajstić information content (AvgIpc) is 2.54. The number of methoxy groups -OCH3 is 1. The molecule has 2 unspecified atom stereocenters. The van der Waals surface area contributed by atoms with Gasteiger partial charge in [0.2, 0.25) is 5.91 Å². The third-order valence-corrected chi connectivity index (χ3v) is 4.26. The van der Waals surface area contributed by atoms with E-state index in [1.54, 1.807) is 7.11 Å². The standard InChI is InChI=1S/C17H27N3O2/c1-13(15-8-4-5-9-16(15)22-3)19-17(21)12-20-10-6-7-14(11-20)18-2/h4-5,8-9,13-14,18H,6-7,10-12H2,1-3H3,(H,19,21). The molecule has 5 heteroatoms. The van der Waals surface area contributed by atoms with E-state index in [4.69, 9.17) is 4.74 Å². The van der Waals surface area contributed by atoms with Crippen LogP contribution in [0.5, 0.6) is 5.75 Å². The van der Waals surface area contributed by atoms with E-state index in [-0.39, 0.29) is 11.9 Å². The van der Waals surface area contributed by atoms with Crippen molar-refractivity contribution in [2.24, 2.45) is 0 Å². The number of likely N-dealkylation sites (tertiary alicyclic amines) is 1. The Morgan fingerprint density at radius 1 is 1.45 bits per heavy atom. The van der Waals surface area contributed by atoms with Crippen LogP contribution in [0.3, 0.4) is 0 Å². The lowest BCUT2D eigenvalue weighted by Gasteiger charge is -2.32. The van der Waals surface area contributed by atoms with Crippen molar-refractivity contribution in [1.29, 1.82) is 0 Å². The average molecular weight is 305 g/mol. The van der Waals surface area contributed by atoms with E-state index in [9.17, 15) is 4.79 Å². The number of hydrogen-bond donors (Lipinski definition) is 2. The van der Waals surface area contributed by atoms with Crippen molar-refractivity contribution in [3.63, 3.8) is 0 Å². The summed E-state index contributed by atoms with van der Waals surface area (Å²) in [5.74, 6) is 0.874. The molecular weight excluding hydrogens is 278 g/mol. The monoisotopic (exact) mass is 305 g/mol. The highest BCUT2D eigenvalue weighted by Crippen LogP contribution is 2.24. The van der Waals surface area contributed by atoms with Crippen LogP contribution in [-0.2, 0) is 4.79 Å². The number of piperidine rings is 1. The van der Waals surface area contributed by atoms with Gasteiger partial charge in [-0.05, 0) is 39.4 Å². The summed E-state index contributed by atoms with van der Waals surface area (Å²) in [4.78, 5) is 14.5. The number of rotatable bonds is 6. The van der Waals surface area contributed by atoms with Gasteiger partial charge in [0.15, 0.2) is 0 Å². The smallest absolute Gasteiger partial charge is 0.234 e. The maximum atomic E-state index is 12.3. The van der Waals surface area contributed by atoms with Crippen molar-refractivity contribution >= 4 is 5.91 Å². The van der Waals surface area contributed by atoms with E-state index in [0.717, 1.165) is 30.8 Å². The minimum absolute atomic E-state index is 0.0615. The van der Waals surface area contributed by atoms with Crippen LogP contribution in [0.15, 0.2) is 24.3 Å². The molecule has 0 saturated carbocycles. The van der Waals surface area contributed by atoms with Gasteiger partial charge in [-0.25, -0.2) is 0 Å². The zero-order valence-electron chi connectivity index (χ0n) is 13.8. The topological polar surface area (TPSA) is 53.6 Å². The number of hydrogen-bond acceptors (Lipinski definition) is 4. The van der Waals surface area contributed by atoms with E-state index in [1.807, 2.05) is 38.2 Å². The van der Waals surface area contributed by atoms with Crippen LogP contribution in [0.25, 0.3) is 0 Å². The highest BCUT2D eigenvalue weighted by Gasteiger charge is 2.21. The minimum Gasteiger partial charge on any atom is -0.496 e. The highest BCUT2D eigenvalue weighted by atomic mass is 16.5. The number of amides is 1. The van der Waals surface area contributed by atoms with Crippen molar-refractivity contribution in [3.05, 3.63) is 29.8 Å². The normalized spacial score (nSPS) is 20.4. The fourth-order valence-electron chi connectivity index (χ4n) is 3.03. The van der Waals surface area contributed by atoms with Crippen LogP contribution in [0.4, 0.5) is 0 Å². The molecule has 2 atom stereocenters. The van der Waals surface area contributed by atoms with E-state index < -0.39 is 0 Å². The summed E-state index contributed by atoms with van der Waals surface area (Å²) < 4.78 is 5.36. The molecule has 0 bridgehead atoms. The first-order valence-corrected chi connectivity index (χ1v) is 7.96. The van der Waals surface area contributed by atoms with Crippen molar-refractivity contribution in [2.45, 2.75) is 31.8 Å². The van der Waals surface area contributed by atoms with E-state index in [0.29, 0.717) is 12.6 Å². The van der Waals surface area contributed by atoms with Crippen LogP contribution in [0, 0.1) is 0 Å². The van der Waals surface area contributed by atoms with Crippen molar-refractivity contribution < 1.29 is 9.53 Å². The van der Waals surface area contributed by atoms with Gasteiger partial charge in [-0.15, -0.1) is 0 Å². The van der Waals surface area contributed by atoms with Crippen molar-refractivity contribution in [3.8, 4) is 5.75 Å². The van der Waals surface area contributed by atoms with Gasteiger partial charge in [-0.3, -0.25) is 9.69 Å². The Morgan fingerprint density at radius 3 is 2.95 bits per heavy atom. The zero-order valence-corrected chi connectivity index (χ0v) is 13.8. The summed E-state index contributed by atoms with van der Waals surface area (Å²) in [7, 11) is 3.64. The summed E-state index contributed by atoms with van der Waals surface area (Å²) in [6, 6.07) is 8.23. The molecule has 0 aliphatic carbocycles. The third-order valence-electron chi connectivity index (χ3n) is 4.26. The SMILES string of the molecule is CNC1CCCN(CC(=O)NC(C)c2ccccc2OC)C1. The molecule has 0 aromatic heterocycles. The fraction of sp³-hybridized carbons (Fsp3) is 0.588. The van der Waals surface area contributed by atoms with Gasteiger partial charge < -0.3 is 15.4 Å². The molecule has 22 heavy (non-hydrogen) atoms. The number of benzene rings is 1. The Hall–Kier alpha value is -1.59. The van der Waals surface area contributed by atoms with E-state index in [2.05, 4.69) is 15.5 Å². The summed E-state index contributed by atoms with van der Waals surface area (Å²) >= 11 is 0. The molecule has 1 aliphatic rings. The molecule has 1 aromatic rings. The predicted molar refractivity (Wildman–Crippen MR) is 88.1 cm³/mol. The van der Waals surface area contributed by atoms with Gasteiger partial charge in [-0.2, -0.15) is 0 Å². The summed E-state index contributed by atoms with van der Waals surface area (Å²) in [5, 5.41) is 6.37. The number of carbonyl (C=O) groups excluding carboxylic acids is 1. The first kappa shape index (κ1) is 16.8. The molecule has 1 amide bonds. The van der Waals surface area contributed by atoms with Crippen LogP contribution < -0.4 is 15.4 Å². The van der Waals surface area contributed by atoms with Gasteiger partial charge in [0.1, 0.15) is 5.75 Å². The van der Waals surface area contributed by atoms with Crippen LogP contribution in [0.1, 0.15) is 31.4 Å². The first-order chi connectivity index (χ1) is 10.6. The molecule has 122 valence electrons. The van der Waals surface area contributed by atoms with Crippen LogP contribution in [0.2, 0.25) is 0 Å². The van der Waals surface area contributed by atoms with E-state index in [1.165, 1.54) is 6.42 Å². The molecule has 5 nitrogen and oxygen atoms in total. The van der Waals surface area contributed by atoms with E-state index >= 15 is 0 Å². The number of para-hydroxylation sites is 1. The van der Waals surface area contributed by atoms with Gasteiger partial charge >= 0.3 is 0 Å². The Morgan fingerprint density at radius 2 is 2.23 bits per heavy atom. The van der Waals surface area contributed by atoms with Crippen molar-refractivity contribution in [1.82, 2.24) is 15.5 Å². The second-order valence-corrected chi connectivity index (χ2v) is 5.89. The van der Waals surface area contributed by atoms with Crippen molar-refractivity contribution in [2.75, 3.05) is 33.8 Å². The first-order valence-electron chi connectivity index (χ1n) is 7.96. The van der Waals surface area contributed by atoms with Gasteiger partial charge in [0.25, 0.3) is 0 Å². The zero-order chi connectivity index (χ0) is 15.9. The molecule has 1 aliphatic heterocycles. The Bertz CT molecular complexity index is 493. The Labute approximate surface area is 133 Å². The molecule has 1 aromatic carbocycles. The second kappa shape index (κ2) is 8.15. The van der Waals surface area contributed by atoms with Crippen LogP contribution in [-0.4, -0.2) is 50.6 Å². The van der Waals surface area contributed by atoms with Gasteiger partial charge in [0, 0.05) is 18.2 Å². The maximum Gasteiger partial charge on any atom is 0.234 e. The molecule has 2 N–H and O–H groups in total. The number of ether oxygens (including phenoxy) is 1. The van der Waals surface area contributed by atoms with Gasteiger partial charge in [-0.1, -0.05) is 18.2 Å². The Balaban J connectivity index is 1.88. The summed E-state index contributed by atoms with van der Waals surface area (Å²) in [5.41, 5.74) is 1.00. The van der Waals surface area contributed by atoms with Gasteiger partial charge in [0.05, 0.1) is 19.7 Å². The lowest BCUT2D eigenvalue weighted by molar-refractivity contribution is -0.123. The molecule has 0 spiro atoms. The molecule has 1 fully saturated rings. The Kier molecular flexibility index (Phi) is 6.21. The lowest BCUT2D eigenvalue weighted by atomic mass is 10.1. The fourth-order valence-corrected chi connectivity index (χ4v) is 3.03. The largest absolute Gasteiger partial charge is 0.496 e. The third kappa shape index (κ3) is 4.45. The minimum atomic E-state index is -0.0615. The number of nitrogens with one attached hydrogen (secondary N) is 2. The predicted octanol–water partition coefficient (Wildman–Crippen LogP) is 1.56.